The number of hydrogen-bond donors (Lipinski definition) is 1. The molecule has 0 saturated heterocycles. The van der Waals surface area contributed by atoms with Crippen molar-refractivity contribution in [3.05, 3.63) is 80.1 Å². The quantitative estimate of drug-likeness (QED) is 0.725. The highest BCUT2D eigenvalue weighted by Gasteiger charge is 2.16. The van der Waals surface area contributed by atoms with Gasteiger partial charge >= 0.3 is 5.69 Å². The lowest BCUT2D eigenvalue weighted by Gasteiger charge is -2.09. The molecule has 3 aromatic rings. The number of rotatable bonds is 3. The Bertz CT molecular complexity index is 1220. The lowest BCUT2D eigenvalue weighted by molar-refractivity contribution is -0.111. The number of hydrogen-bond acceptors (Lipinski definition) is 3. The zero-order valence-corrected chi connectivity index (χ0v) is 15.2. The summed E-state index contributed by atoms with van der Waals surface area (Å²) in [6.45, 7) is 0. The van der Waals surface area contributed by atoms with Crippen molar-refractivity contribution in [1.29, 1.82) is 0 Å². The molecule has 0 bridgehead atoms. The third-order valence-corrected chi connectivity index (χ3v) is 5.02. The van der Waals surface area contributed by atoms with Gasteiger partial charge in [0.05, 0.1) is 5.56 Å². The molecule has 1 heterocycles. The van der Waals surface area contributed by atoms with E-state index in [4.69, 9.17) is 0 Å². The van der Waals surface area contributed by atoms with Crippen molar-refractivity contribution in [2.24, 2.45) is 14.1 Å². The maximum atomic E-state index is 12.4. The van der Waals surface area contributed by atoms with Crippen molar-refractivity contribution < 1.29 is 4.79 Å². The van der Waals surface area contributed by atoms with Gasteiger partial charge in [-0.25, -0.2) is 4.79 Å². The fraction of sp³-hybridized carbons (Fsp3) is 0.190. The molecule has 6 nitrogen and oxygen atoms in total. The van der Waals surface area contributed by atoms with E-state index in [1.165, 1.54) is 46.5 Å². The van der Waals surface area contributed by atoms with E-state index in [-0.39, 0.29) is 11.5 Å². The third kappa shape index (κ3) is 2.89. The monoisotopic (exact) mass is 361 g/mol. The molecule has 1 amide bonds. The van der Waals surface area contributed by atoms with Crippen LogP contribution < -0.4 is 16.6 Å². The van der Waals surface area contributed by atoms with Crippen LogP contribution in [-0.2, 0) is 31.7 Å². The highest BCUT2D eigenvalue weighted by atomic mass is 16.2. The topological polar surface area (TPSA) is 73.1 Å². The predicted molar refractivity (Wildman–Crippen MR) is 106 cm³/mol. The average molecular weight is 361 g/mol. The summed E-state index contributed by atoms with van der Waals surface area (Å²) < 4.78 is 2.32. The standard InChI is InChI=1S/C21H19N3O3/c1-23-12-15(20(26)24(2)21(23)27)9-11-18(25)22-17-10-8-14-7-6-13-4-3-5-16(17)19(13)14/h3-5,8-12H,6-7H2,1-2H3,(H,22,25)/b11-9+. The first-order chi connectivity index (χ1) is 13.0. The summed E-state index contributed by atoms with van der Waals surface area (Å²) in [5.41, 5.74) is 2.79. The van der Waals surface area contributed by atoms with E-state index in [0.717, 1.165) is 28.5 Å². The Balaban J connectivity index is 1.63. The summed E-state index contributed by atoms with van der Waals surface area (Å²) in [4.78, 5) is 36.3. The van der Waals surface area contributed by atoms with E-state index in [1.807, 2.05) is 18.2 Å². The Morgan fingerprint density at radius 2 is 1.81 bits per heavy atom. The van der Waals surface area contributed by atoms with Crippen molar-refractivity contribution in [2.45, 2.75) is 12.8 Å². The Hall–Kier alpha value is -3.41. The van der Waals surface area contributed by atoms with Crippen LogP contribution in [0.1, 0.15) is 16.7 Å². The third-order valence-electron chi connectivity index (χ3n) is 5.02. The Kier molecular flexibility index (Phi) is 4.03. The van der Waals surface area contributed by atoms with Crippen LogP contribution >= 0.6 is 0 Å². The zero-order chi connectivity index (χ0) is 19.1. The Labute approximate surface area is 155 Å². The molecule has 4 rings (SSSR count). The van der Waals surface area contributed by atoms with E-state index in [2.05, 4.69) is 17.4 Å². The highest BCUT2D eigenvalue weighted by Crippen LogP contribution is 2.34. The van der Waals surface area contributed by atoms with Gasteiger partial charge in [-0.2, -0.15) is 0 Å². The Morgan fingerprint density at radius 3 is 2.59 bits per heavy atom. The van der Waals surface area contributed by atoms with E-state index < -0.39 is 11.2 Å². The molecular formula is C21H19N3O3. The summed E-state index contributed by atoms with van der Waals surface area (Å²) in [7, 11) is 2.97. The molecule has 2 aromatic carbocycles. The second-order valence-electron chi connectivity index (χ2n) is 6.78. The number of anilines is 1. The maximum absolute atomic E-state index is 12.4. The molecule has 136 valence electrons. The Morgan fingerprint density at radius 1 is 1.07 bits per heavy atom. The number of aryl methyl sites for hydroxylation is 3. The lowest BCUT2D eigenvalue weighted by Crippen LogP contribution is -2.37. The van der Waals surface area contributed by atoms with Crippen molar-refractivity contribution in [3.8, 4) is 0 Å². The zero-order valence-electron chi connectivity index (χ0n) is 15.2. The summed E-state index contributed by atoms with van der Waals surface area (Å²) in [5.74, 6) is -0.329. The fourth-order valence-corrected chi connectivity index (χ4v) is 3.65. The minimum absolute atomic E-state index is 0.273. The van der Waals surface area contributed by atoms with Crippen LogP contribution in [0, 0.1) is 0 Å². The first-order valence-corrected chi connectivity index (χ1v) is 8.75. The molecule has 1 aliphatic carbocycles. The van der Waals surface area contributed by atoms with Crippen LogP contribution in [0.2, 0.25) is 0 Å². The molecule has 1 aliphatic rings. The van der Waals surface area contributed by atoms with Gasteiger partial charge in [0.2, 0.25) is 5.91 Å². The number of aromatic nitrogens is 2. The van der Waals surface area contributed by atoms with Gasteiger partial charge in [-0.1, -0.05) is 24.3 Å². The van der Waals surface area contributed by atoms with Gasteiger partial charge in [0.15, 0.2) is 0 Å². The van der Waals surface area contributed by atoms with Gasteiger partial charge in [0.1, 0.15) is 0 Å². The number of amides is 1. The number of nitrogens with zero attached hydrogens (tertiary/aromatic N) is 2. The van der Waals surface area contributed by atoms with Crippen LogP contribution in [-0.4, -0.2) is 15.0 Å². The molecular weight excluding hydrogens is 342 g/mol. The first-order valence-electron chi connectivity index (χ1n) is 8.75. The second-order valence-corrected chi connectivity index (χ2v) is 6.78. The number of nitrogens with one attached hydrogen (secondary N) is 1. The molecule has 1 N–H and O–H groups in total. The van der Waals surface area contributed by atoms with Crippen LogP contribution in [0.5, 0.6) is 0 Å². The van der Waals surface area contributed by atoms with E-state index >= 15 is 0 Å². The van der Waals surface area contributed by atoms with E-state index in [1.54, 1.807) is 7.05 Å². The molecule has 0 atom stereocenters. The van der Waals surface area contributed by atoms with Crippen molar-refractivity contribution in [3.63, 3.8) is 0 Å². The number of carbonyl (C=O) groups is 1. The van der Waals surface area contributed by atoms with Gasteiger partial charge in [-0.15, -0.1) is 0 Å². The molecule has 27 heavy (non-hydrogen) atoms. The number of carbonyl (C=O) groups excluding carboxylic acids is 1. The molecule has 0 spiro atoms. The van der Waals surface area contributed by atoms with Crippen LogP contribution in [0.4, 0.5) is 5.69 Å². The minimum atomic E-state index is -0.438. The van der Waals surface area contributed by atoms with Gasteiger partial charge in [0, 0.05) is 37.4 Å². The normalized spacial score (nSPS) is 12.8. The van der Waals surface area contributed by atoms with Crippen LogP contribution in [0.25, 0.3) is 16.8 Å². The van der Waals surface area contributed by atoms with Crippen molar-refractivity contribution in [1.82, 2.24) is 9.13 Å². The highest BCUT2D eigenvalue weighted by molar-refractivity contribution is 6.09. The van der Waals surface area contributed by atoms with Gasteiger partial charge in [-0.05, 0) is 41.5 Å². The second kappa shape index (κ2) is 6.39. The predicted octanol–water partition coefficient (Wildman–Crippen LogP) is 1.99. The van der Waals surface area contributed by atoms with Crippen LogP contribution in [0.3, 0.4) is 0 Å². The molecule has 0 aliphatic heterocycles. The molecule has 0 fully saturated rings. The molecule has 0 unspecified atom stereocenters. The first kappa shape index (κ1) is 17.0. The molecule has 0 saturated carbocycles. The van der Waals surface area contributed by atoms with Crippen LogP contribution in [0.15, 0.2) is 52.2 Å². The van der Waals surface area contributed by atoms with E-state index in [9.17, 15) is 14.4 Å². The van der Waals surface area contributed by atoms with Crippen molar-refractivity contribution >= 4 is 28.4 Å². The summed E-state index contributed by atoms with van der Waals surface area (Å²) in [6, 6.07) is 10.1. The average Bonchev–Trinajstić information content (AvgIpc) is 3.09. The molecule has 6 heteroatoms. The summed E-state index contributed by atoms with van der Waals surface area (Å²) in [5, 5.41) is 5.15. The minimum Gasteiger partial charge on any atom is -0.322 e. The molecule has 1 aromatic heterocycles. The molecule has 0 radical (unpaired) electrons. The van der Waals surface area contributed by atoms with Gasteiger partial charge < -0.3 is 9.88 Å². The summed E-state index contributed by atoms with van der Waals surface area (Å²) in [6.07, 6.45) is 6.22. The largest absolute Gasteiger partial charge is 0.330 e. The van der Waals surface area contributed by atoms with Gasteiger partial charge in [0.25, 0.3) is 5.56 Å². The smallest absolute Gasteiger partial charge is 0.322 e. The lowest BCUT2D eigenvalue weighted by atomic mass is 10.0. The van der Waals surface area contributed by atoms with Crippen molar-refractivity contribution in [2.75, 3.05) is 5.32 Å². The SMILES string of the molecule is Cn1cc(/C=C/C(=O)Nc2ccc3c4c(cccc24)CC3)c(=O)n(C)c1=O. The fourth-order valence-electron chi connectivity index (χ4n) is 3.65. The number of benzene rings is 2. The maximum Gasteiger partial charge on any atom is 0.330 e. The van der Waals surface area contributed by atoms with E-state index in [0.29, 0.717) is 0 Å². The summed E-state index contributed by atoms with van der Waals surface area (Å²) >= 11 is 0. The van der Waals surface area contributed by atoms with Gasteiger partial charge in [-0.3, -0.25) is 14.2 Å².